The van der Waals surface area contributed by atoms with E-state index in [1.165, 1.54) is 42.4 Å². The molecule has 1 N–H and O–H groups in total. The van der Waals surface area contributed by atoms with Crippen molar-refractivity contribution in [2.45, 2.75) is 58.5 Å². The number of nitrogens with zero attached hydrogens (tertiary/aromatic N) is 1. The molecule has 1 aromatic rings. The Kier molecular flexibility index (Phi) is 5.83. The van der Waals surface area contributed by atoms with Crippen molar-refractivity contribution in [1.29, 1.82) is 0 Å². The summed E-state index contributed by atoms with van der Waals surface area (Å²) < 4.78 is 0. The summed E-state index contributed by atoms with van der Waals surface area (Å²) in [5.74, 6) is 0.890. The van der Waals surface area contributed by atoms with Crippen LogP contribution in [0, 0.1) is 19.8 Å². The van der Waals surface area contributed by atoms with E-state index in [0.29, 0.717) is 6.04 Å². The molecule has 2 nitrogen and oxygen atoms in total. The largest absolute Gasteiger partial charge is 0.312 e. The monoisotopic (exact) mass is 288 g/mol. The lowest BCUT2D eigenvalue weighted by Gasteiger charge is -2.36. The van der Waals surface area contributed by atoms with Crippen LogP contribution in [0.15, 0.2) is 18.2 Å². The van der Waals surface area contributed by atoms with Gasteiger partial charge >= 0.3 is 0 Å². The summed E-state index contributed by atoms with van der Waals surface area (Å²) in [5, 5.41) is 3.50. The van der Waals surface area contributed by atoms with Crippen molar-refractivity contribution in [1.82, 2.24) is 10.2 Å². The molecule has 2 rings (SSSR count). The highest BCUT2D eigenvalue weighted by Crippen LogP contribution is 2.28. The van der Waals surface area contributed by atoms with Crippen LogP contribution in [-0.2, 0) is 0 Å². The number of likely N-dealkylation sites (N-methyl/N-ethyl adjacent to an activating group) is 2. The molecule has 0 spiro atoms. The van der Waals surface area contributed by atoms with Crippen LogP contribution in [-0.4, -0.2) is 31.6 Å². The fourth-order valence-electron chi connectivity index (χ4n) is 3.58. The fraction of sp³-hybridized carbons (Fsp3) is 0.684. The van der Waals surface area contributed by atoms with Gasteiger partial charge in [0, 0.05) is 18.6 Å². The van der Waals surface area contributed by atoms with Gasteiger partial charge in [0.05, 0.1) is 0 Å². The quantitative estimate of drug-likeness (QED) is 0.878. The molecule has 0 saturated heterocycles. The van der Waals surface area contributed by atoms with Crippen LogP contribution in [0.1, 0.15) is 55.3 Å². The smallest absolute Gasteiger partial charge is 0.0446 e. The van der Waals surface area contributed by atoms with Crippen molar-refractivity contribution in [3.05, 3.63) is 34.9 Å². The Bertz CT molecular complexity index is 455. The Hall–Kier alpha value is -0.860. The van der Waals surface area contributed by atoms with Crippen molar-refractivity contribution < 1.29 is 0 Å². The van der Waals surface area contributed by atoms with E-state index >= 15 is 0 Å². The molecule has 21 heavy (non-hydrogen) atoms. The molecule has 0 radical (unpaired) electrons. The number of hydrogen-bond donors (Lipinski definition) is 1. The summed E-state index contributed by atoms with van der Waals surface area (Å²) in [6.45, 7) is 7.89. The number of benzene rings is 1. The van der Waals surface area contributed by atoms with Gasteiger partial charge in [-0.3, -0.25) is 0 Å². The van der Waals surface area contributed by atoms with E-state index in [0.717, 1.165) is 18.5 Å². The molecule has 3 atom stereocenters. The third-order valence-corrected chi connectivity index (χ3v) is 5.28. The van der Waals surface area contributed by atoms with Gasteiger partial charge in [-0.1, -0.05) is 38.0 Å². The predicted molar refractivity (Wildman–Crippen MR) is 91.8 cm³/mol. The van der Waals surface area contributed by atoms with Crippen molar-refractivity contribution in [3.63, 3.8) is 0 Å². The summed E-state index contributed by atoms with van der Waals surface area (Å²) in [5.41, 5.74) is 4.18. The zero-order valence-electron chi connectivity index (χ0n) is 14.4. The Morgan fingerprint density at radius 3 is 2.62 bits per heavy atom. The molecule has 0 aliphatic heterocycles. The molecule has 2 heteroatoms. The van der Waals surface area contributed by atoms with E-state index in [9.17, 15) is 0 Å². The first-order valence-electron chi connectivity index (χ1n) is 8.46. The molecule has 1 fully saturated rings. The van der Waals surface area contributed by atoms with Crippen LogP contribution >= 0.6 is 0 Å². The van der Waals surface area contributed by atoms with E-state index in [1.54, 1.807) is 0 Å². The van der Waals surface area contributed by atoms with Gasteiger partial charge in [-0.25, -0.2) is 0 Å². The topological polar surface area (TPSA) is 15.3 Å². The van der Waals surface area contributed by atoms with Gasteiger partial charge < -0.3 is 10.2 Å². The average Bonchev–Trinajstić information content (AvgIpc) is 2.47. The first kappa shape index (κ1) is 16.5. The molecule has 1 aliphatic rings. The molecular formula is C19H32N2. The van der Waals surface area contributed by atoms with E-state index < -0.39 is 0 Å². The molecule has 1 aromatic carbocycles. The second-order valence-corrected chi connectivity index (χ2v) is 7.05. The van der Waals surface area contributed by atoms with Crippen LogP contribution in [0.2, 0.25) is 0 Å². The molecule has 0 bridgehead atoms. The molecule has 0 amide bonds. The molecule has 0 heterocycles. The maximum atomic E-state index is 3.50. The minimum absolute atomic E-state index is 0.423. The lowest BCUT2D eigenvalue weighted by Crippen LogP contribution is -2.40. The Labute approximate surface area is 130 Å². The Morgan fingerprint density at radius 2 is 2.00 bits per heavy atom. The summed E-state index contributed by atoms with van der Waals surface area (Å²) in [6.07, 6.45) is 5.53. The highest BCUT2D eigenvalue weighted by molar-refractivity contribution is 5.31. The van der Waals surface area contributed by atoms with Crippen LogP contribution in [0.5, 0.6) is 0 Å². The number of nitrogens with one attached hydrogen (secondary N) is 1. The summed E-state index contributed by atoms with van der Waals surface area (Å²) >= 11 is 0. The molecular weight excluding hydrogens is 256 g/mol. The third kappa shape index (κ3) is 4.31. The van der Waals surface area contributed by atoms with Gasteiger partial charge in [0.1, 0.15) is 0 Å². The van der Waals surface area contributed by atoms with E-state index in [2.05, 4.69) is 63.3 Å². The fourth-order valence-corrected chi connectivity index (χ4v) is 3.58. The Balaban J connectivity index is 2.02. The second-order valence-electron chi connectivity index (χ2n) is 7.05. The molecule has 3 unspecified atom stereocenters. The SMILES string of the molecule is CNC(CN(C)C1CCCC(C)C1)c1ccc(C)c(C)c1. The number of hydrogen-bond acceptors (Lipinski definition) is 2. The first-order chi connectivity index (χ1) is 10.0. The first-order valence-corrected chi connectivity index (χ1v) is 8.46. The van der Waals surface area contributed by atoms with Crippen molar-refractivity contribution in [2.75, 3.05) is 20.6 Å². The summed E-state index contributed by atoms with van der Waals surface area (Å²) in [6, 6.07) is 8.05. The maximum Gasteiger partial charge on any atom is 0.0446 e. The van der Waals surface area contributed by atoms with Crippen molar-refractivity contribution in [3.8, 4) is 0 Å². The minimum Gasteiger partial charge on any atom is -0.312 e. The maximum absolute atomic E-state index is 3.50. The highest BCUT2D eigenvalue weighted by atomic mass is 15.2. The van der Waals surface area contributed by atoms with E-state index in [1.807, 2.05) is 0 Å². The number of aryl methyl sites for hydroxylation is 2. The lowest BCUT2D eigenvalue weighted by molar-refractivity contribution is 0.152. The average molecular weight is 288 g/mol. The predicted octanol–water partition coefficient (Wildman–Crippen LogP) is 4.07. The third-order valence-electron chi connectivity index (χ3n) is 5.28. The van der Waals surface area contributed by atoms with Gasteiger partial charge in [0.25, 0.3) is 0 Å². The van der Waals surface area contributed by atoms with Gasteiger partial charge in [-0.05, 0) is 63.4 Å². The standard InChI is InChI=1S/C19H32N2/c1-14-7-6-8-18(11-14)21(5)13-19(20-4)17-10-9-15(2)16(3)12-17/h9-10,12,14,18-20H,6-8,11,13H2,1-5H3. The van der Waals surface area contributed by atoms with Crippen LogP contribution < -0.4 is 5.32 Å². The van der Waals surface area contributed by atoms with Gasteiger partial charge in [0.2, 0.25) is 0 Å². The van der Waals surface area contributed by atoms with Crippen LogP contribution in [0.25, 0.3) is 0 Å². The van der Waals surface area contributed by atoms with E-state index in [4.69, 9.17) is 0 Å². The van der Waals surface area contributed by atoms with Crippen LogP contribution in [0.3, 0.4) is 0 Å². The lowest BCUT2D eigenvalue weighted by atomic mass is 9.86. The number of rotatable bonds is 5. The minimum atomic E-state index is 0.423. The Morgan fingerprint density at radius 1 is 1.24 bits per heavy atom. The summed E-state index contributed by atoms with van der Waals surface area (Å²) in [7, 11) is 4.38. The molecule has 0 aromatic heterocycles. The van der Waals surface area contributed by atoms with Crippen molar-refractivity contribution in [2.24, 2.45) is 5.92 Å². The van der Waals surface area contributed by atoms with Gasteiger partial charge in [0.15, 0.2) is 0 Å². The van der Waals surface area contributed by atoms with Gasteiger partial charge in [-0.2, -0.15) is 0 Å². The molecule has 1 aliphatic carbocycles. The molecule has 1 saturated carbocycles. The zero-order chi connectivity index (χ0) is 15.4. The van der Waals surface area contributed by atoms with Crippen LogP contribution in [0.4, 0.5) is 0 Å². The summed E-state index contributed by atoms with van der Waals surface area (Å²) in [4.78, 5) is 2.58. The van der Waals surface area contributed by atoms with Crippen molar-refractivity contribution >= 4 is 0 Å². The normalized spacial score (nSPS) is 24.3. The second kappa shape index (κ2) is 7.42. The van der Waals surface area contributed by atoms with Gasteiger partial charge in [-0.15, -0.1) is 0 Å². The molecule has 118 valence electrons. The zero-order valence-corrected chi connectivity index (χ0v) is 14.4. The highest BCUT2D eigenvalue weighted by Gasteiger charge is 2.24. The van der Waals surface area contributed by atoms with E-state index in [-0.39, 0.29) is 0 Å².